The monoisotopic (exact) mass is 439 g/mol. The van der Waals surface area contributed by atoms with Crippen LogP contribution < -0.4 is 10.5 Å². The van der Waals surface area contributed by atoms with Crippen LogP contribution in [0, 0.1) is 0 Å². The van der Waals surface area contributed by atoms with E-state index >= 15 is 0 Å². The normalized spacial score (nSPS) is 11.3. The summed E-state index contributed by atoms with van der Waals surface area (Å²) in [6.07, 6.45) is 1.33. The fourth-order valence-corrected chi connectivity index (χ4v) is 4.01. The molecular weight excluding hydrogens is 433 g/mol. The first-order valence-corrected chi connectivity index (χ1v) is 8.63. The summed E-state index contributed by atoms with van der Waals surface area (Å²) >= 11 is 12.1. The zero-order chi connectivity index (χ0) is 14.9. The number of halogens is 3. The number of benzene rings is 1. The van der Waals surface area contributed by atoms with Gasteiger partial charge < -0.3 is 5.73 Å². The number of pyridine rings is 1. The lowest BCUT2D eigenvalue weighted by molar-refractivity contribution is 0.601. The summed E-state index contributed by atoms with van der Waals surface area (Å²) < 4.78 is 27.8. The Morgan fingerprint density at radius 2 is 1.90 bits per heavy atom. The standard InChI is InChI=1S/C11H8Br2ClN3O2S/c12-8-3-6(15)1-2-10(8)20(18,19)17-7-4-9(13)11(14)16-5-7/h1-5,17H,15H2. The van der Waals surface area contributed by atoms with E-state index in [0.717, 1.165) is 0 Å². The average molecular weight is 442 g/mol. The van der Waals surface area contributed by atoms with Crippen molar-refractivity contribution in [3.63, 3.8) is 0 Å². The van der Waals surface area contributed by atoms with Crippen LogP contribution in [0.15, 0.2) is 44.3 Å². The van der Waals surface area contributed by atoms with Crippen molar-refractivity contribution in [1.82, 2.24) is 4.98 Å². The number of sulfonamides is 1. The summed E-state index contributed by atoms with van der Waals surface area (Å²) in [5.41, 5.74) is 6.34. The first-order chi connectivity index (χ1) is 9.29. The Kier molecular flexibility index (Phi) is 4.58. The maximum absolute atomic E-state index is 12.3. The van der Waals surface area contributed by atoms with E-state index in [9.17, 15) is 8.42 Å². The van der Waals surface area contributed by atoms with Crippen LogP contribution in [-0.4, -0.2) is 13.4 Å². The molecule has 5 nitrogen and oxygen atoms in total. The van der Waals surface area contributed by atoms with Crippen molar-refractivity contribution in [3.05, 3.63) is 44.6 Å². The number of anilines is 2. The van der Waals surface area contributed by atoms with Gasteiger partial charge in [0.2, 0.25) is 0 Å². The molecule has 0 unspecified atom stereocenters. The third-order valence-electron chi connectivity index (χ3n) is 2.29. The molecule has 1 heterocycles. The third-order valence-corrected chi connectivity index (χ3v) is 5.79. The number of nitrogens with one attached hydrogen (secondary N) is 1. The fourth-order valence-electron chi connectivity index (χ4n) is 1.42. The van der Waals surface area contributed by atoms with Crippen LogP contribution in [0.5, 0.6) is 0 Å². The van der Waals surface area contributed by atoms with Crippen molar-refractivity contribution >= 4 is 64.9 Å². The van der Waals surface area contributed by atoms with E-state index in [1.807, 2.05) is 0 Å². The summed E-state index contributed by atoms with van der Waals surface area (Å²) in [6.45, 7) is 0. The molecule has 0 saturated heterocycles. The second kappa shape index (κ2) is 5.88. The maximum atomic E-state index is 12.3. The number of nitrogen functional groups attached to an aromatic ring is 1. The van der Waals surface area contributed by atoms with Gasteiger partial charge in [-0.2, -0.15) is 0 Å². The molecule has 1 aromatic carbocycles. The molecule has 0 aliphatic rings. The minimum Gasteiger partial charge on any atom is -0.399 e. The lowest BCUT2D eigenvalue weighted by atomic mass is 10.3. The highest BCUT2D eigenvalue weighted by Gasteiger charge is 2.18. The molecule has 0 fully saturated rings. The molecule has 2 rings (SSSR count). The summed E-state index contributed by atoms with van der Waals surface area (Å²) in [5, 5.41) is 0.251. The molecule has 0 radical (unpaired) electrons. The largest absolute Gasteiger partial charge is 0.399 e. The lowest BCUT2D eigenvalue weighted by Crippen LogP contribution is -2.14. The van der Waals surface area contributed by atoms with E-state index in [1.54, 1.807) is 0 Å². The fraction of sp³-hybridized carbons (Fsp3) is 0. The highest BCUT2D eigenvalue weighted by molar-refractivity contribution is 9.10. The van der Waals surface area contributed by atoms with Gasteiger partial charge in [0.1, 0.15) is 10.0 Å². The summed E-state index contributed by atoms with van der Waals surface area (Å²) in [5.74, 6) is 0. The Morgan fingerprint density at radius 3 is 2.50 bits per heavy atom. The van der Waals surface area contributed by atoms with Crippen molar-refractivity contribution in [1.29, 1.82) is 0 Å². The molecule has 0 aliphatic heterocycles. The van der Waals surface area contributed by atoms with Crippen molar-refractivity contribution in [3.8, 4) is 0 Å². The predicted molar refractivity (Wildman–Crippen MR) is 86.3 cm³/mol. The quantitative estimate of drug-likeness (QED) is 0.563. The maximum Gasteiger partial charge on any atom is 0.263 e. The van der Waals surface area contributed by atoms with Gasteiger partial charge in [-0.15, -0.1) is 0 Å². The zero-order valence-corrected chi connectivity index (χ0v) is 14.5. The Balaban J connectivity index is 2.38. The third kappa shape index (κ3) is 3.43. The Labute approximate surface area is 137 Å². The predicted octanol–water partition coefficient (Wildman–Crippen LogP) is 3.64. The molecule has 3 N–H and O–H groups in total. The van der Waals surface area contributed by atoms with Crippen molar-refractivity contribution in [2.24, 2.45) is 0 Å². The van der Waals surface area contributed by atoms with Gasteiger partial charge >= 0.3 is 0 Å². The molecule has 20 heavy (non-hydrogen) atoms. The van der Waals surface area contributed by atoms with Gasteiger partial charge in [0.05, 0.1) is 16.4 Å². The van der Waals surface area contributed by atoms with Crippen LogP contribution in [0.1, 0.15) is 0 Å². The molecule has 0 bridgehead atoms. The molecule has 0 spiro atoms. The number of hydrogen-bond acceptors (Lipinski definition) is 4. The molecule has 0 saturated carbocycles. The average Bonchev–Trinajstić information content (AvgIpc) is 2.33. The van der Waals surface area contributed by atoms with Crippen LogP contribution >= 0.6 is 43.5 Å². The molecule has 0 aliphatic carbocycles. The summed E-state index contributed by atoms with van der Waals surface area (Å²) in [4.78, 5) is 3.93. The molecule has 2 aromatic rings. The van der Waals surface area contributed by atoms with E-state index < -0.39 is 10.0 Å². The van der Waals surface area contributed by atoms with Crippen LogP contribution in [0.2, 0.25) is 5.15 Å². The van der Waals surface area contributed by atoms with E-state index in [1.165, 1.54) is 30.5 Å². The van der Waals surface area contributed by atoms with Crippen LogP contribution in [-0.2, 0) is 10.0 Å². The van der Waals surface area contributed by atoms with Gasteiger partial charge in [-0.25, -0.2) is 13.4 Å². The minimum atomic E-state index is -3.75. The number of nitrogens with two attached hydrogens (primary N) is 1. The zero-order valence-electron chi connectivity index (χ0n) is 9.77. The van der Waals surface area contributed by atoms with E-state index in [0.29, 0.717) is 20.3 Å². The van der Waals surface area contributed by atoms with Crippen molar-refractivity contribution in [2.75, 3.05) is 10.5 Å². The first-order valence-electron chi connectivity index (χ1n) is 5.18. The molecule has 1 aromatic heterocycles. The Morgan fingerprint density at radius 1 is 1.20 bits per heavy atom. The smallest absolute Gasteiger partial charge is 0.263 e. The molecule has 9 heteroatoms. The van der Waals surface area contributed by atoms with Crippen LogP contribution in [0.25, 0.3) is 0 Å². The Hall–Kier alpha value is -0.830. The summed E-state index contributed by atoms with van der Waals surface area (Å²) in [6, 6.07) is 5.97. The minimum absolute atomic E-state index is 0.0813. The number of rotatable bonds is 3. The lowest BCUT2D eigenvalue weighted by Gasteiger charge is -2.10. The first kappa shape index (κ1) is 15.6. The van der Waals surface area contributed by atoms with Gasteiger partial charge in [0.15, 0.2) is 0 Å². The van der Waals surface area contributed by atoms with Crippen molar-refractivity contribution < 1.29 is 8.42 Å². The SMILES string of the molecule is Nc1ccc(S(=O)(=O)Nc2cnc(Cl)c(Br)c2)c(Br)c1. The van der Waals surface area contributed by atoms with Gasteiger partial charge in [-0.1, -0.05) is 11.6 Å². The number of aromatic nitrogens is 1. The van der Waals surface area contributed by atoms with Crippen molar-refractivity contribution in [2.45, 2.75) is 4.90 Å². The highest BCUT2D eigenvalue weighted by atomic mass is 79.9. The van der Waals surface area contributed by atoms with Crippen LogP contribution in [0.3, 0.4) is 0 Å². The van der Waals surface area contributed by atoms with Gasteiger partial charge in [-0.3, -0.25) is 4.72 Å². The molecule has 0 atom stereocenters. The Bertz CT molecular complexity index is 768. The van der Waals surface area contributed by atoms with Gasteiger partial charge in [0.25, 0.3) is 10.0 Å². The van der Waals surface area contributed by atoms with Gasteiger partial charge in [-0.05, 0) is 56.1 Å². The molecule has 106 valence electrons. The second-order valence-electron chi connectivity index (χ2n) is 3.79. The molecule has 0 amide bonds. The van der Waals surface area contributed by atoms with E-state index in [4.69, 9.17) is 17.3 Å². The number of nitrogens with zero attached hydrogens (tertiary/aromatic N) is 1. The van der Waals surface area contributed by atoms with E-state index in [2.05, 4.69) is 41.6 Å². The molecular formula is C11H8Br2ClN3O2S. The summed E-state index contributed by atoms with van der Waals surface area (Å²) in [7, 11) is -3.75. The highest BCUT2D eigenvalue weighted by Crippen LogP contribution is 2.28. The second-order valence-corrected chi connectivity index (χ2v) is 7.51. The topological polar surface area (TPSA) is 85.1 Å². The van der Waals surface area contributed by atoms with Crippen LogP contribution in [0.4, 0.5) is 11.4 Å². The van der Waals surface area contributed by atoms with Gasteiger partial charge in [0, 0.05) is 10.2 Å². The number of hydrogen-bond donors (Lipinski definition) is 2. The van der Waals surface area contributed by atoms with E-state index in [-0.39, 0.29) is 10.0 Å².